The molecule has 5 nitrogen and oxygen atoms in total. The van der Waals surface area contributed by atoms with Crippen LogP contribution in [0.5, 0.6) is 0 Å². The third-order valence-corrected chi connectivity index (χ3v) is 4.70. The van der Waals surface area contributed by atoms with Crippen LogP contribution < -0.4 is 0 Å². The fraction of sp³-hybridized carbons (Fsp3) is 0.471. The van der Waals surface area contributed by atoms with Crippen LogP contribution in [0.25, 0.3) is 0 Å². The first-order valence-corrected chi connectivity index (χ1v) is 7.65. The van der Waals surface area contributed by atoms with Gasteiger partial charge < -0.3 is 4.74 Å². The second kappa shape index (κ2) is 5.91. The van der Waals surface area contributed by atoms with Crippen LogP contribution in [0, 0.1) is 11.8 Å². The Labute approximate surface area is 129 Å². The van der Waals surface area contributed by atoms with Crippen molar-refractivity contribution in [1.82, 2.24) is 4.90 Å². The Bertz CT molecular complexity index is 582. The number of carbonyl (C=O) groups excluding carboxylic acids is 3. The average Bonchev–Trinajstić information content (AvgIpc) is 2.80. The molecule has 22 heavy (non-hydrogen) atoms. The Morgan fingerprint density at radius 2 is 1.64 bits per heavy atom. The van der Waals surface area contributed by atoms with Gasteiger partial charge in [0, 0.05) is 6.54 Å². The summed E-state index contributed by atoms with van der Waals surface area (Å²) in [7, 11) is 1.41. The Morgan fingerprint density at radius 3 is 2.14 bits per heavy atom. The standard InChI is InChI=1S/C17H19NO4/c1-22-17(21)12-8-6-11(7-9-12)10-18-15(19)13-4-2-3-5-14(13)16(18)20/h2-5,11-12H,6-10H2,1H3. The number of methoxy groups -OCH3 is 1. The molecule has 1 aliphatic heterocycles. The molecule has 0 saturated heterocycles. The largest absolute Gasteiger partial charge is 0.469 e. The number of ether oxygens (including phenoxy) is 1. The fourth-order valence-corrected chi connectivity index (χ4v) is 3.41. The van der Waals surface area contributed by atoms with E-state index in [9.17, 15) is 14.4 Å². The summed E-state index contributed by atoms with van der Waals surface area (Å²) in [6, 6.07) is 6.94. The van der Waals surface area contributed by atoms with E-state index in [4.69, 9.17) is 4.74 Å². The van der Waals surface area contributed by atoms with E-state index in [2.05, 4.69) is 0 Å². The molecule has 0 atom stereocenters. The molecule has 0 spiro atoms. The molecular weight excluding hydrogens is 282 g/mol. The lowest BCUT2D eigenvalue weighted by molar-refractivity contribution is -0.146. The normalized spacial score (nSPS) is 24.3. The number of fused-ring (bicyclic) bond motifs is 1. The van der Waals surface area contributed by atoms with Crippen molar-refractivity contribution in [1.29, 1.82) is 0 Å². The van der Waals surface area contributed by atoms with E-state index >= 15 is 0 Å². The maximum atomic E-state index is 12.3. The fourth-order valence-electron chi connectivity index (χ4n) is 3.41. The third-order valence-electron chi connectivity index (χ3n) is 4.70. The molecule has 1 aliphatic carbocycles. The summed E-state index contributed by atoms with van der Waals surface area (Å²) < 4.78 is 4.78. The highest BCUT2D eigenvalue weighted by Gasteiger charge is 2.37. The highest BCUT2D eigenvalue weighted by atomic mass is 16.5. The van der Waals surface area contributed by atoms with Crippen molar-refractivity contribution in [3.8, 4) is 0 Å². The minimum atomic E-state index is -0.198. The Kier molecular flexibility index (Phi) is 3.96. The van der Waals surface area contributed by atoms with Crippen molar-refractivity contribution < 1.29 is 19.1 Å². The molecule has 5 heteroatoms. The Balaban J connectivity index is 1.63. The van der Waals surface area contributed by atoms with Crippen molar-refractivity contribution >= 4 is 17.8 Å². The number of benzene rings is 1. The molecule has 116 valence electrons. The minimum absolute atomic E-state index is 0.0385. The first kappa shape index (κ1) is 14.8. The van der Waals surface area contributed by atoms with E-state index in [1.54, 1.807) is 24.3 Å². The molecular formula is C17H19NO4. The summed E-state index contributed by atoms with van der Waals surface area (Å²) in [5.41, 5.74) is 0.992. The molecule has 1 heterocycles. The molecule has 0 radical (unpaired) electrons. The summed E-state index contributed by atoms with van der Waals surface area (Å²) in [4.78, 5) is 37.5. The van der Waals surface area contributed by atoms with Crippen LogP contribution in [0.2, 0.25) is 0 Å². The van der Waals surface area contributed by atoms with Crippen LogP contribution in [-0.4, -0.2) is 36.3 Å². The van der Waals surface area contributed by atoms with Crippen LogP contribution in [0.1, 0.15) is 46.4 Å². The quantitative estimate of drug-likeness (QED) is 0.634. The molecule has 1 aromatic rings. The number of rotatable bonds is 3. The molecule has 1 saturated carbocycles. The van der Waals surface area contributed by atoms with Crippen molar-refractivity contribution in [2.45, 2.75) is 25.7 Å². The number of imide groups is 1. The molecule has 1 fully saturated rings. The Hall–Kier alpha value is -2.17. The maximum Gasteiger partial charge on any atom is 0.308 e. The number of carbonyl (C=O) groups is 3. The monoisotopic (exact) mass is 301 g/mol. The molecule has 3 rings (SSSR count). The molecule has 0 N–H and O–H groups in total. The zero-order chi connectivity index (χ0) is 15.7. The van der Waals surface area contributed by atoms with Gasteiger partial charge in [-0.05, 0) is 43.7 Å². The first-order chi connectivity index (χ1) is 10.6. The van der Waals surface area contributed by atoms with Gasteiger partial charge in [-0.25, -0.2) is 0 Å². The van der Waals surface area contributed by atoms with Gasteiger partial charge in [0.25, 0.3) is 11.8 Å². The minimum Gasteiger partial charge on any atom is -0.469 e. The summed E-state index contributed by atoms with van der Waals surface area (Å²) in [6.45, 7) is 0.445. The van der Waals surface area contributed by atoms with E-state index in [-0.39, 0.29) is 29.6 Å². The van der Waals surface area contributed by atoms with Gasteiger partial charge in [0.2, 0.25) is 0 Å². The zero-order valence-electron chi connectivity index (χ0n) is 12.6. The second-order valence-corrected chi connectivity index (χ2v) is 6.01. The topological polar surface area (TPSA) is 63.7 Å². The Morgan fingerprint density at radius 1 is 1.09 bits per heavy atom. The van der Waals surface area contributed by atoms with Crippen LogP contribution >= 0.6 is 0 Å². The van der Waals surface area contributed by atoms with Crippen molar-refractivity contribution in [2.24, 2.45) is 11.8 Å². The summed E-state index contributed by atoms with van der Waals surface area (Å²) in [6.07, 6.45) is 3.21. The van der Waals surface area contributed by atoms with Crippen molar-refractivity contribution in [2.75, 3.05) is 13.7 Å². The van der Waals surface area contributed by atoms with Crippen molar-refractivity contribution in [3.05, 3.63) is 35.4 Å². The predicted molar refractivity (Wildman–Crippen MR) is 79.3 cm³/mol. The molecule has 2 aliphatic rings. The van der Waals surface area contributed by atoms with Gasteiger partial charge in [0.05, 0.1) is 24.2 Å². The van der Waals surface area contributed by atoms with E-state index in [1.807, 2.05) is 0 Å². The highest BCUT2D eigenvalue weighted by Crippen LogP contribution is 2.32. The van der Waals surface area contributed by atoms with E-state index < -0.39 is 0 Å². The number of hydrogen-bond acceptors (Lipinski definition) is 4. The van der Waals surface area contributed by atoms with Gasteiger partial charge in [-0.1, -0.05) is 12.1 Å². The van der Waals surface area contributed by atoms with E-state index in [1.165, 1.54) is 12.0 Å². The molecule has 0 bridgehead atoms. The van der Waals surface area contributed by atoms with Gasteiger partial charge in [-0.3, -0.25) is 19.3 Å². The first-order valence-electron chi connectivity index (χ1n) is 7.65. The molecule has 1 aromatic carbocycles. The summed E-state index contributed by atoms with van der Waals surface area (Å²) in [5.74, 6) is -0.322. The lowest BCUT2D eigenvalue weighted by atomic mass is 9.82. The average molecular weight is 301 g/mol. The van der Waals surface area contributed by atoms with Crippen LogP contribution in [0.15, 0.2) is 24.3 Å². The van der Waals surface area contributed by atoms with E-state index in [0.29, 0.717) is 17.7 Å². The van der Waals surface area contributed by atoms with Gasteiger partial charge in [0.1, 0.15) is 0 Å². The van der Waals surface area contributed by atoms with Gasteiger partial charge >= 0.3 is 5.97 Å². The molecule has 0 unspecified atom stereocenters. The predicted octanol–water partition coefficient (Wildman–Crippen LogP) is 2.26. The van der Waals surface area contributed by atoms with Crippen LogP contribution in [0.3, 0.4) is 0 Å². The zero-order valence-corrected chi connectivity index (χ0v) is 12.6. The molecule has 0 aromatic heterocycles. The maximum absolute atomic E-state index is 12.3. The van der Waals surface area contributed by atoms with Gasteiger partial charge in [-0.15, -0.1) is 0 Å². The lowest BCUT2D eigenvalue weighted by Crippen LogP contribution is -2.36. The van der Waals surface area contributed by atoms with Crippen molar-refractivity contribution in [3.63, 3.8) is 0 Å². The van der Waals surface area contributed by atoms with Gasteiger partial charge in [0.15, 0.2) is 0 Å². The molecule has 2 amide bonds. The number of hydrogen-bond donors (Lipinski definition) is 0. The lowest BCUT2D eigenvalue weighted by Gasteiger charge is -2.29. The SMILES string of the molecule is COC(=O)C1CCC(CN2C(=O)c3ccccc3C2=O)CC1. The summed E-state index contributed by atoms with van der Waals surface area (Å²) >= 11 is 0. The van der Waals surface area contributed by atoms with Crippen LogP contribution in [-0.2, 0) is 9.53 Å². The number of amides is 2. The van der Waals surface area contributed by atoms with Crippen LogP contribution in [0.4, 0.5) is 0 Å². The highest BCUT2D eigenvalue weighted by molar-refractivity contribution is 6.21. The number of esters is 1. The third kappa shape index (κ3) is 2.51. The summed E-state index contributed by atoms with van der Waals surface area (Å²) in [5, 5.41) is 0. The smallest absolute Gasteiger partial charge is 0.308 e. The second-order valence-electron chi connectivity index (χ2n) is 6.01. The van der Waals surface area contributed by atoms with E-state index in [0.717, 1.165) is 25.7 Å². The van der Waals surface area contributed by atoms with Gasteiger partial charge in [-0.2, -0.15) is 0 Å². The number of nitrogens with zero attached hydrogens (tertiary/aromatic N) is 1.